The number of nitrogens with zero attached hydrogens (tertiary/aromatic N) is 2. The largest absolute Gasteiger partial charge is 0.481 e. The lowest BCUT2D eigenvalue weighted by atomic mass is 9.88. The van der Waals surface area contributed by atoms with Gasteiger partial charge in [0.1, 0.15) is 0 Å². The van der Waals surface area contributed by atoms with Gasteiger partial charge in [-0.2, -0.15) is 0 Å². The monoisotopic (exact) mass is 344 g/mol. The number of carbonyl (C=O) groups excluding carboxylic acids is 1. The predicted molar refractivity (Wildman–Crippen MR) is 96.0 cm³/mol. The van der Waals surface area contributed by atoms with Crippen molar-refractivity contribution in [1.29, 1.82) is 0 Å². The first-order valence-electron chi connectivity index (χ1n) is 9.36. The molecule has 0 bridgehead atoms. The van der Waals surface area contributed by atoms with Gasteiger partial charge in [0.15, 0.2) is 0 Å². The zero-order valence-electron chi connectivity index (χ0n) is 14.9. The smallest absolute Gasteiger partial charge is 0.308 e. The molecule has 5 nitrogen and oxygen atoms in total. The van der Waals surface area contributed by atoms with Crippen molar-refractivity contribution >= 4 is 11.9 Å². The molecular formula is C20H28N2O3. The summed E-state index contributed by atoms with van der Waals surface area (Å²) < 4.78 is 0. The molecule has 25 heavy (non-hydrogen) atoms. The molecule has 3 atom stereocenters. The van der Waals surface area contributed by atoms with Crippen LogP contribution in [-0.2, 0) is 16.1 Å². The number of hydrogen-bond donors (Lipinski definition) is 1. The van der Waals surface area contributed by atoms with Gasteiger partial charge in [0.25, 0.3) is 0 Å². The standard InChI is InChI=1S/C20H28N2O3/c1-15-18(20(24)25)10-6-12-22(15)19(23)17-9-5-11-21(14-17)13-16-7-3-2-4-8-16/h2-4,7-8,15,17-18H,5-6,9-14H2,1H3,(H,24,25)/t15-,17?,18-/m1/s1. The Morgan fingerprint density at radius 2 is 1.84 bits per heavy atom. The molecule has 1 N–H and O–H groups in total. The lowest BCUT2D eigenvalue weighted by molar-refractivity contribution is -0.151. The Labute approximate surface area is 149 Å². The number of carboxylic acids is 1. The minimum absolute atomic E-state index is 0.00698. The second-order valence-electron chi connectivity index (χ2n) is 7.42. The molecule has 1 unspecified atom stereocenters. The molecule has 1 aromatic rings. The molecule has 0 aromatic heterocycles. The molecule has 0 spiro atoms. The minimum Gasteiger partial charge on any atom is -0.481 e. The number of carboxylic acid groups (broad SMARTS) is 1. The van der Waals surface area contributed by atoms with Gasteiger partial charge in [-0.15, -0.1) is 0 Å². The molecule has 0 aliphatic carbocycles. The fraction of sp³-hybridized carbons (Fsp3) is 0.600. The highest BCUT2D eigenvalue weighted by molar-refractivity contribution is 5.81. The Hall–Kier alpha value is -1.88. The summed E-state index contributed by atoms with van der Waals surface area (Å²) in [6.07, 6.45) is 3.39. The van der Waals surface area contributed by atoms with E-state index in [0.717, 1.165) is 38.9 Å². The maximum atomic E-state index is 13.0. The highest BCUT2D eigenvalue weighted by atomic mass is 16.4. The quantitative estimate of drug-likeness (QED) is 0.912. The number of rotatable bonds is 4. The van der Waals surface area contributed by atoms with E-state index in [1.165, 1.54) is 5.56 Å². The first kappa shape index (κ1) is 17.9. The van der Waals surface area contributed by atoms with Crippen LogP contribution in [0.1, 0.15) is 38.2 Å². The summed E-state index contributed by atoms with van der Waals surface area (Å²) in [7, 11) is 0. The Morgan fingerprint density at radius 3 is 2.56 bits per heavy atom. The lowest BCUT2D eigenvalue weighted by Crippen LogP contribution is -2.53. The van der Waals surface area contributed by atoms with Crippen molar-refractivity contribution in [2.24, 2.45) is 11.8 Å². The molecule has 2 aliphatic rings. The van der Waals surface area contributed by atoms with Crippen LogP contribution in [0.3, 0.4) is 0 Å². The average molecular weight is 344 g/mol. The third-order valence-corrected chi connectivity index (χ3v) is 5.69. The molecule has 3 rings (SSSR count). The van der Waals surface area contributed by atoms with Crippen LogP contribution in [0.4, 0.5) is 0 Å². The predicted octanol–water partition coefficient (Wildman–Crippen LogP) is 2.61. The van der Waals surface area contributed by atoms with E-state index in [2.05, 4.69) is 17.0 Å². The Bertz CT molecular complexity index is 604. The molecule has 0 radical (unpaired) electrons. The van der Waals surface area contributed by atoms with Gasteiger partial charge in [0.2, 0.25) is 5.91 Å². The van der Waals surface area contributed by atoms with Gasteiger partial charge in [-0.25, -0.2) is 0 Å². The van der Waals surface area contributed by atoms with E-state index in [-0.39, 0.29) is 17.9 Å². The molecule has 2 fully saturated rings. The molecule has 1 amide bonds. The van der Waals surface area contributed by atoms with E-state index in [4.69, 9.17) is 0 Å². The average Bonchev–Trinajstić information content (AvgIpc) is 2.62. The normalized spacial score (nSPS) is 27.9. The second kappa shape index (κ2) is 8.00. The highest BCUT2D eigenvalue weighted by Crippen LogP contribution is 2.28. The molecular weight excluding hydrogens is 316 g/mol. The second-order valence-corrected chi connectivity index (χ2v) is 7.42. The summed E-state index contributed by atoms with van der Waals surface area (Å²) in [5.74, 6) is -1.07. The van der Waals surface area contributed by atoms with E-state index >= 15 is 0 Å². The number of aliphatic carboxylic acids is 1. The maximum Gasteiger partial charge on any atom is 0.308 e. The van der Waals surface area contributed by atoms with Crippen LogP contribution in [0.15, 0.2) is 30.3 Å². The topological polar surface area (TPSA) is 60.9 Å². The van der Waals surface area contributed by atoms with Crippen molar-refractivity contribution in [1.82, 2.24) is 9.80 Å². The first-order chi connectivity index (χ1) is 12.1. The van der Waals surface area contributed by atoms with Crippen molar-refractivity contribution in [2.75, 3.05) is 19.6 Å². The van der Waals surface area contributed by atoms with Gasteiger partial charge in [-0.05, 0) is 44.7 Å². The van der Waals surface area contributed by atoms with Crippen molar-refractivity contribution in [3.63, 3.8) is 0 Å². The lowest BCUT2D eigenvalue weighted by Gasteiger charge is -2.41. The van der Waals surface area contributed by atoms with Crippen LogP contribution >= 0.6 is 0 Å². The van der Waals surface area contributed by atoms with Crippen molar-refractivity contribution in [3.05, 3.63) is 35.9 Å². The molecule has 2 heterocycles. The maximum absolute atomic E-state index is 13.0. The fourth-order valence-electron chi connectivity index (χ4n) is 4.26. The Morgan fingerprint density at radius 1 is 1.12 bits per heavy atom. The molecule has 1 aromatic carbocycles. The van der Waals surface area contributed by atoms with Crippen molar-refractivity contribution in [2.45, 2.75) is 45.2 Å². The van der Waals surface area contributed by atoms with Gasteiger partial charge in [-0.3, -0.25) is 14.5 Å². The minimum atomic E-state index is -0.778. The number of hydrogen-bond acceptors (Lipinski definition) is 3. The number of carbonyl (C=O) groups is 2. The van der Waals surface area contributed by atoms with Crippen LogP contribution in [0, 0.1) is 11.8 Å². The van der Waals surface area contributed by atoms with Crippen LogP contribution in [0.2, 0.25) is 0 Å². The Balaban J connectivity index is 1.62. The number of piperidine rings is 2. The number of benzene rings is 1. The number of likely N-dealkylation sites (tertiary alicyclic amines) is 2. The van der Waals surface area contributed by atoms with Gasteiger partial charge >= 0.3 is 5.97 Å². The zero-order chi connectivity index (χ0) is 17.8. The first-order valence-corrected chi connectivity index (χ1v) is 9.36. The van der Waals surface area contributed by atoms with Crippen LogP contribution < -0.4 is 0 Å². The van der Waals surface area contributed by atoms with Gasteiger partial charge < -0.3 is 10.0 Å². The molecule has 5 heteroatoms. The van der Waals surface area contributed by atoms with Crippen molar-refractivity contribution in [3.8, 4) is 0 Å². The van der Waals surface area contributed by atoms with Gasteiger partial charge in [0, 0.05) is 25.7 Å². The third-order valence-electron chi connectivity index (χ3n) is 5.69. The van der Waals surface area contributed by atoms with Gasteiger partial charge in [0.05, 0.1) is 11.8 Å². The van der Waals surface area contributed by atoms with Crippen molar-refractivity contribution < 1.29 is 14.7 Å². The van der Waals surface area contributed by atoms with E-state index in [9.17, 15) is 14.7 Å². The van der Waals surface area contributed by atoms with E-state index in [0.29, 0.717) is 13.0 Å². The summed E-state index contributed by atoms with van der Waals surface area (Å²) >= 11 is 0. The van der Waals surface area contributed by atoms with E-state index < -0.39 is 11.9 Å². The van der Waals surface area contributed by atoms with Crippen LogP contribution in [0.25, 0.3) is 0 Å². The fourth-order valence-corrected chi connectivity index (χ4v) is 4.26. The molecule has 136 valence electrons. The summed E-state index contributed by atoms with van der Waals surface area (Å²) in [6.45, 7) is 5.25. The SMILES string of the molecule is C[C@@H]1[C@H](C(=O)O)CCCN1C(=O)C1CCCN(Cc2ccccc2)C1. The van der Waals surface area contributed by atoms with Gasteiger partial charge in [-0.1, -0.05) is 30.3 Å². The zero-order valence-corrected chi connectivity index (χ0v) is 14.9. The summed E-state index contributed by atoms with van der Waals surface area (Å²) in [5, 5.41) is 9.38. The molecule has 2 saturated heterocycles. The molecule has 2 aliphatic heterocycles. The van der Waals surface area contributed by atoms with E-state index in [1.54, 1.807) is 0 Å². The number of amides is 1. The summed E-state index contributed by atoms with van der Waals surface area (Å²) in [6, 6.07) is 10.1. The molecule has 0 saturated carbocycles. The highest BCUT2D eigenvalue weighted by Gasteiger charge is 2.38. The van der Waals surface area contributed by atoms with E-state index in [1.807, 2.05) is 30.0 Å². The third kappa shape index (κ3) is 4.21. The van der Waals surface area contributed by atoms with Crippen LogP contribution in [-0.4, -0.2) is 52.5 Å². The van der Waals surface area contributed by atoms with Crippen LogP contribution in [0.5, 0.6) is 0 Å². The summed E-state index contributed by atoms with van der Waals surface area (Å²) in [5.41, 5.74) is 1.27. The Kier molecular flexibility index (Phi) is 5.74. The summed E-state index contributed by atoms with van der Waals surface area (Å²) in [4.78, 5) is 28.6.